The van der Waals surface area contributed by atoms with Crippen LogP contribution >= 0.6 is 11.8 Å². The molecule has 0 radical (unpaired) electrons. The molecule has 0 atom stereocenters. The molecule has 1 aliphatic rings. The number of nitrogens with zero attached hydrogens (tertiary/aromatic N) is 2. The highest BCUT2D eigenvalue weighted by molar-refractivity contribution is 8.00. The summed E-state index contributed by atoms with van der Waals surface area (Å²) in [4.78, 5) is 4.07. The van der Waals surface area contributed by atoms with E-state index in [0.717, 1.165) is 5.75 Å². The van der Waals surface area contributed by atoms with Gasteiger partial charge in [-0.05, 0) is 26.0 Å². The number of hydrogen-bond acceptors (Lipinski definition) is 6. The monoisotopic (exact) mass is 302 g/mol. The summed E-state index contributed by atoms with van der Waals surface area (Å²) in [7, 11) is -3.56. The summed E-state index contributed by atoms with van der Waals surface area (Å²) in [5, 5.41) is 0. The van der Waals surface area contributed by atoms with E-state index in [-0.39, 0.29) is 15.5 Å². The molecule has 1 aromatic rings. The third-order valence-corrected chi connectivity index (χ3v) is 6.09. The van der Waals surface area contributed by atoms with Crippen molar-refractivity contribution in [3.05, 3.63) is 18.3 Å². The third-order valence-electron chi connectivity index (χ3n) is 2.92. The van der Waals surface area contributed by atoms with E-state index < -0.39 is 10.0 Å². The van der Waals surface area contributed by atoms with Crippen molar-refractivity contribution in [3.8, 4) is 0 Å². The zero-order valence-corrected chi connectivity index (χ0v) is 12.6. The Hall–Kier alpha value is -0.830. The summed E-state index contributed by atoms with van der Waals surface area (Å²) in [5.41, 5.74) is 2.34. The van der Waals surface area contributed by atoms with E-state index in [0.29, 0.717) is 13.1 Å². The zero-order valence-electron chi connectivity index (χ0n) is 11.0. The number of nitrogens with two attached hydrogens (primary N) is 1. The lowest BCUT2D eigenvalue weighted by molar-refractivity contribution is 0.387. The Morgan fingerprint density at radius 1 is 1.53 bits per heavy atom. The maximum Gasteiger partial charge on any atom is 0.246 e. The summed E-state index contributed by atoms with van der Waals surface area (Å²) in [6.45, 7) is 5.09. The van der Waals surface area contributed by atoms with Crippen molar-refractivity contribution in [2.75, 3.05) is 24.3 Å². The fourth-order valence-corrected chi connectivity index (χ4v) is 5.04. The fraction of sp³-hybridized carbons (Fsp3) is 0.545. The zero-order chi connectivity index (χ0) is 14.1. The lowest BCUT2D eigenvalue weighted by Gasteiger charge is -2.36. The standard InChI is InChI=1S/C11H18N4O2S2/c1-11(2)8-15(6-7-18-11)19(16,17)9-4-3-5-13-10(9)14-12/h3-5H,6-8,12H2,1-2H3,(H,13,14). The van der Waals surface area contributed by atoms with Gasteiger partial charge in [-0.15, -0.1) is 0 Å². The summed E-state index contributed by atoms with van der Waals surface area (Å²) in [5.74, 6) is 6.30. The topological polar surface area (TPSA) is 88.3 Å². The molecule has 0 spiro atoms. The van der Waals surface area contributed by atoms with Crippen LogP contribution < -0.4 is 11.3 Å². The Balaban J connectivity index is 2.37. The van der Waals surface area contributed by atoms with Gasteiger partial charge in [0.25, 0.3) is 0 Å². The number of hydrazine groups is 1. The number of aromatic nitrogens is 1. The molecule has 0 saturated carbocycles. The Morgan fingerprint density at radius 2 is 2.26 bits per heavy atom. The van der Waals surface area contributed by atoms with E-state index >= 15 is 0 Å². The first kappa shape index (κ1) is 14.6. The Morgan fingerprint density at radius 3 is 2.89 bits per heavy atom. The van der Waals surface area contributed by atoms with Crippen LogP contribution in [0.5, 0.6) is 0 Å². The molecular formula is C11H18N4O2S2. The second kappa shape index (κ2) is 5.28. The molecule has 106 valence electrons. The summed E-state index contributed by atoms with van der Waals surface area (Å²) >= 11 is 1.78. The Bertz CT molecular complexity index is 560. The highest BCUT2D eigenvalue weighted by atomic mass is 32.2. The van der Waals surface area contributed by atoms with Gasteiger partial charge in [-0.1, -0.05) is 0 Å². The second-order valence-electron chi connectivity index (χ2n) is 4.94. The number of hydrogen-bond donors (Lipinski definition) is 2. The van der Waals surface area contributed by atoms with Gasteiger partial charge in [0, 0.05) is 29.8 Å². The molecule has 1 saturated heterocycles. The minimum Gasteiger partial charge on any atom is -0.307 e. The van der Waals surface area contributed by atoms with Crippen molar-refractivity contribution in [1.82, 2.24) is 9.29 Å². The van der Waals surface area contributed by atoms with Crippen LogP contribution in [0.1, 0.15) is 13.8 Å². The molecule has 8 heteroatoms. The van der Waals surface area contributed by atoms with Gasteiger partial charge in [0.05, 0.1) is 0 Å². The average Bonchev–Trinajstić information content (AvgIpc) is 2.37. The van der Waals surface area contributed by atoms with Crippen LogP contribution in [0.3, 0.4) is 0 Å². The van der Waals surface area contributed by atoms with Gasteiger partial charge in [-0.3, -0.25) is 0 Å². The first-order chi connectivity index (χ1) is 8.87. The molecule has 1 aromatic heterocycles. The summed E-state index contributed by atoms with van der Waals surface area (Å²) in [6, 6.07) is 3.11. The number of sulfonamides is 1. The lowest BCUT2D eigenvalue weighted by Crippen LogP contribution is -2.46. The van der Waals surface area contributed by atoms with Gasteiger partial charge in [-0.25, -0.2) is 19.2 Å². The van der Waals surface area contributed by atoms with E-state index in [1.54, 1.807) is 17.8 Å². The van der Waals surface area contributed by atoms with Gasteiger partial charge < -0.3 is 5.43 Å². The second-order valence-corrected chi connectivity index (χ2v) is 8.65. The normalized spacial score (nSPS) is 20.2. The number of nitrogens with one attached hydrogen (secondary N) is 1. The molecule has 19 heavy (non-hydrogen) atoms. The van der Waals surface area contributed by atoms with Crippen LogP contribution in [0.15, 0.2) is 23.2 Å². The Kier molecular flexibility index (Phi) is 4.05. The highest BCUT2D eigenvalue weighted by Crippen LogP contribution is 2.33. The number of thioether (sulfide) groups is 1. The molecule has 6 nitrogen and oxygen atoms in total. The van der Waals surface area contributed by atoms with Crippen LogP contribution in [0.4, 0.5) is 5.82 Å². The Labute approximate surface area is 117 Å². The van der Waals surface area contributed by atoms with Crippen molar-refractivity contribution in [3.63, 3.8) is 0 Å². The third kappa shape index (κ3) is 3.02. The highest BCUT2D eigenvalue weighted by Gasteiger charge is 2.35. The minimum absolute atomic E-state index is 0.0795. The van der Waals surface area contributed by atoms with Crippen LogP contribution in [-0.4, -0.2) is 41.3 Å². The van der Waals surface area contributed by atoms with Gasteiger partial charge in [0.1, 0.15) is 4.90 Å². The maximum absolute atomic E-state index is 12.6. The first-order valence-electron chi connectivity index (χ1n) is 5.92. The number of rotatable bonds is 3. The predicted octanol–water partition coefficient (Wildman–Crippen LogP) is 0.883. The number of anilines is 1. The van der Waals surface area contributed by atoms with Crippen LogP contribution in [0, 0.1) is 0 Å². The van der Waals surface area contributed by atoms with Crippen molar-refractivity contribution < 1.29 is 8.42 Å². The molecule has 1 aliphatic heterocycles. The molecule has 0 amide bonds. The number of nitrogen functional groups attached to an aromatic ring is 1. The minimum atomic E-state index is -3.56. The SMILES string of the molecule is CC1(C)CN(S(=O)(=O)c2cccnc2NN)CCS1. The van der Waals surface area contributed by atoms with E-state index in [1.165, 1.54) is 16.6 Å². The van der Waals surface area contributed by atoms with E-state index in [4.69, 9.17) is 5.84 Å². The van der Waals surface area contributed by atoms with Crippen LogP contribution in [-0.2, 0) is 10.0 Å². The number of pyridine rings is 1. The largest absolute Gasteiger partial charge is 0.307 e. The molecule has 0 aromatic carbocycles. The van der Waals surface area contributed by atoms with Crippen molar-refractivity contribution in [1.29, 1.82) is 0 Å². The van der Waals surface area contributed by atoms with Crippen LogP contribution in [0.2, 0.25) is 0 Å². The van der Waals surface area contributed by atoms with Gasteiger partial charge >= 0.3 is 0 Å². The fourth-order valence-electron chi connectivity index (χ4n) is 2.02. The average molecular weight is 302 g/mol. The summed E-state index contributed by atoms with van der Waals surface area (Å²) < 4.78 is 26.7. The quantitative estimate of drug-likeness (QED) is 0.636. The predicted molar refractivity (Wildman–Crippen MR) is 77.3 cm³/mol. The van der Waals surface area contributed by atoms with Crippen molar-refractivity contribution in [2.24, 2.45) is 5.84 Å². The van der Waals surface area contributed by atoms with Gasteiger partial charge in [0.2, 0.25) is 10.0 Å². The molecule has 2 rings (SSSR count). The van der Waals surface area contributed by atoms with Crippen molar-refractivity contribution in [2.45, 2.75) is 23.5 Å². The molecule has 0 bridgehead atoms. The lowest BCUT2D eigenvalue weighted by atomic mass is 10.2. The van der Waals surface area contributed by atoms with E-state index in [9.17, 15) is 8.42 Å². The molecular weight excluding hydrogens is 284 g/mol. The first-order valence-corrected chi connectivity index (χ1v) is 8.35. The molecule has 3 N–H and O–H groups in total. The molecule has 0 unspecified atom stereocenters. The molecule has 2 heterocycles. The molecule has 1 fully saturated rings. The van der Waals surface area contributed by atoms with Crippen molar-refractivity contribution >= 4 is 27.6 Å². The smallest absolute Gasteiger partial charge is 0.246 e. The van der Waals surface area contributed by atoms with Gasteiger partial charge in [-0.2, -0.15) is 16.1 Å². The van der Waals surface area contributed by atoms with Gasteiger partial charge in [0.15, 0.2) is 5.82 Å². The van der Waals surface area contributed by atoms with E-state index in [2.05, 4.69) is 10.4 Å². The summed E-state index contributed by atoms with van der Waals surface area (Å²) in [6.07, 6.45) is 1.50. The maximum atomic E-state index is 12.6. The van der Waals surface area contributed by atoms with E-state index in [1.807, 2.05) is 13.8 Å². The molecule has 0 aliphatic carbocycles. The van der Waals surface area contributed by atoms with Crippen LogP contribution in [0.25, 0.3) is 0 Å².